The minimum atomic E-state index is -0.00977. The highest BCUT2D eigenvalue weighted by atomic mass is 16.6. The van der Waals surface area contributed by atoms with Gasteiger partial charge in [0.1, 0.15) is 17.7 Å². The number of rotatable bonds is 5. The molecule has 1 aliphatic rings. The number of ether oxygens (including phenoxy) is 2. The van der Waals surface area contributed by atoms with Crippen LogP contribution in [0.25, 0.3) is 10.8 Å². The number of pyridine rings is 1. The maximum absolute atomic E-state index is 11.7. The van der Waals surface area contributed by atoms with E-state index in [1.807, 2.05) is 31.2 Å². The molecule has 1 aromatic heterocycles. The third kappa shape index (κ3) is 3.13. The van der Waals surface area contributed by atoms with Gasteiger partial charge in [-0.1, -0.05) is 6.92 Å². The molecule has 1 fully saturated rings. The Morgan fingerprint density at radius 1 is 1.43 bits per heavy atom. The summed E-state index contributed by atoms with van der Waals surface area (Å²) in [5.41, 5.74) is 0. The molecule has 0 saturated carbocycles. The first kappa shape index (κ1) is 13.8. The summed E-state index contributed by atoms with van der Waals surface area (Å²) in [7, 11) is 0. The Hall–Kier alpha value is -2.14. The molecule has 0 atom stereocenters. The molecule has 1 N–H and O–H groups in total. The van der Waals surface area contributed by atoms with Gasteiger partial charge in [0.15, 0.2) is 0 Å². The van der Waals surface area contributed by atoms with E-state index in [9.17, 15) is 4.79 Å². The van der Waals surface area contributed by atoms with Crippen molar-refractivity contribution in [1.29, 1.82) is 0 Å². The van der Waals surface area contributed by atoms with Gasteiger partial charge < -0.3 is 14.8 Å². The molecule has 0 radical (unpaired) electrons. The van der Waals surface area contributed by atoms with Crippen molar-refractivity contribution in [3.63, 3.8) is 0 Å². The fraction of sp³-hybridized carbons (Fsp3) is 0.375. The van der Waals surface area contributed by atoms with Crippen LogP contribution in [0, 0.1) is 0 Å². The number of anilines is 1. The summed E-state index contributed by atoms with van der Waals surface area (Å²) in [6.07, 6.45) is 3.16. The SMILES string of the molecule is CCCC(=O)Nc1nccc2cc(OC3COC3)ccc12. The number of hydrogen-bond acceptors (Lipinski definition) is 4. The smallest absolute Gasteiger partial charge is 0.225 e. The number of nitrogens with one attached hydrogen (secondary N) is 1. The standard InChI is InChI=1S/C16H18N2O3/c1-2-3-15(19)18-16-14-5-4-12(21-13-9-20-10-13)8-11(14)6-7-17-16/h4-8,13H,2-3,9-10H2,1H3,(H,17,18,19). The number of carbonyl (C=O) groups is 1. The maximum Gasteiger partial charge on any atom is 0.225 e. The van der Waals surface area contributed by atoms with Crippen molar-refractivity contribution < 1.29 is 14.3 Å². The van der Waals surface area contributed by atoms with Crippen LogP contribution in [0.3, 0.4) is 0 Å². The van der Waals surface area contributed by atoms with Crippen LogP contribution >= 0.6 is 0 Å². The van der Waals surface area contributed by atoms with Crippen molar-refractivity contribution >= 4 is 22.5 Å². The number of carbonyl (C=O) groups excluding carboxylic acids is 1. The molecule has 3 rings (SSSR count). The molecule has 21 heavy (non-hydrogen) atoms. The summed E-state index contributed by atoms with van der Waals surface area (Å²) in [4.78, 5) is 16.0. The Bertz CT molecular complexity index is 653. The summed E-state index contributed by atoms with van der Waals surface area (Å²) < 4.78 is 10.9. The largest absolute Gasteiger partial charge is 0.486 e. The van der Waals surface area contributed by atoms with Crippen molar-refractivity contribution in [3.8, 4) is 5.75 Å². The number of fused-ring (bicyclic) bond motifs is 1. The van der Waals surface area contributed by atoms with Gasteiger partial charge in [0.2, 0.25) is 5.91 Å². The van der Waals surface area contributed by atoms with E-state index < -0.39 is 0 Å². The zero-order valence-corrected chi connectivity index (χ0v) is 12.0. The van der Waals surface area contributed by atoms with E-state index in [0.29, 0.717) is 25.5 Å². The van der Waals surface area contributed by atoms with Crippen LogP contribution in [0.15, 0.2) is 30.5 Å². The van der Waals surface area contributed by atoms with E-state index in [1.165, 1.54) is 0 Å². The maximum atomic E-state index is 11.7. The second-order valence-corrected chi connectivity index (χ2v) is 5.12. The van der Waals surface area contributed by atoms with Crippen LogP contribution < -0.4 is 10.1 Å². The van der Waals surface area contributed by atoms with Crippen molar-refractivity contribution in [1.82, 2.24) is 4.98 Å². The van der Waals surface area contributed by atoms with E-state index in [4.69, 9.17) is 9.47 Å². The fourth-order valence-electron chi connectivity index (χ4n) is 2.23. The van der Waals surface area contributed by atoms with Crippen LogP contribution in [0.5, 0.6) is 5.75 Å². The second kappa shape index (κ2) is 6.10. The first-order chi connectivity index (χ1) is 10.3. The monoisotopic (exact) mass is 286 g/mol. The molecule has 1 amide bonds. The number of benzene rings is 1. The lowest BCUT2D eigenvalue weighted by Crippen LogP contribution is -2.38. The quantitative estimate of drug-likeness (QED) is 0.918. The number of hydrogen-bond donors (Lipinski definition) is 1. The zero-order valence-electron chi connectivity index (χ0n) is 12.0. The first-order valence-electron chi connectivity index (χ1n) is 7.19. The lowest BCUT2D eigenvalue weighted by atomic mass is 10.1. The summed E-state index contributed by atoms with van der Waals surface area (Å²) in [6, 6.07) is 7.70. The summed E-state index contributed by atoms with van der Waals surface area (Å²) in [6.45, 7) is 3.27. The minimum Gasteiger partial charge on any atom is -0.486 e. The summed E-state index contributed by atoms with van der Waals surface area (Å²) >= 11 is 0. The van der Waals surface area contributed by atoms with Crippen molar-refractivity contribution in [2.75, 3.05) is 18.5 Å². The van der Waals surface area contributed by atoms with E-state index in [1.54, 1.807) is 6.20 Å². The van der Waals surface area contributed by atoms with E-state index in [0.717, 1.165) is 22.9 Å². The normalized spacial score (nSPS) is 14.7. The van der Waals surface area contributed by atoms with Crippen LogP contribution in [0.1, 0.15) is 19.8 Å². The molecule has 1 aliphatic heterocycles. The highest BCUT2D eigenvalue weighted by molar-refractivity contribution is 6.00. The van der Waals surface area contributed by atoms with Crippen LogP contribution in [0.4, 0.5) is 5.82 Å². The lowest BCUT2D eigenvalue weighted by Gasteiger charge is -2.26. The highest BCUT2D eigenvalue weighted by Crippen LogP contribution is 2.26. The Morgan fingerprint density at radius 3 is 3.00 bits per heavy atom. The number of amides is 1. The molecular formula is C16H18N2O3. The van der Waals surface area contributed by atoms with Crippen molar-refractivity contribution in [2.45, 2.75) is 25.9 Å². The molecule has 0 bridgehead atoms. The van der Waals surface area contributed by atoms with Crippen molar-refractivity contribution in [2.24, 2.45) is 0 Å². The third-order valence-corrected chi connectivity index (χ3v) is 3.38. The van der Waals surface area contributed by atoms with Gasteiger partial charge in [-0.15, -0.1) is 0 Å². The average Bonchev–Trinajstić information content (AvgIpc) is 2.43. The van der Waals surface area contributed by atoms with Gasteiger partial charge in [-0.25, -0.2) is 4.98 Å². The molecule has 2 heterocycles. The number of nitrogens with zero attached hydrogens (tertiary/aromatic N) is 1. The predicted octanol–water partition coefficient (Wildman–Crippen LogP) is 2.75. The lowest BCUT2D eigenvalue weighted by molar-refractivity contribution is -0.116. The molecule has 0 aliphatic carbocycles. The van der Waals surface area contributed by atoms with Gasteiger partial charge in [0.05, 0.1) is 13.2 Å². The molecule has 0 spiro atoms. The van der Waals surface area contributed by atoms with Gasteiger partial charge in [-0.05, 0) is 36.1 Å². The van der Waals surface area contributed by atoms with E-state index >= 15 is 0 Å². The molecule has 1 aromatic carbocycles. The third-order valence-electron chi connectivity index (χ3n) is 3.38. The Morgan fingerprint density at radius 2 is 2.29 bits per heavy atom. The molecule has 0 unspecified atom stereocenters. The summed E-state index contributed by atoms with van der Waals surface area (Å²) in [5, 5.41) is 4.77. The average molecular weight is 286 g/mol. The van der Waals surface area contributed by atoms with E-state index in [-0.39, 0.29) is 12.0 Å². The van der Waals surface area contributed by atoms with Gasteiger partial charge in [0, 0.05) is 18.0 Å². The van der Waals surface area contributed by atoms with Crippen LogP contribution in [-0.4, -0.2) is 30.2 Å². The van der Waals surface area contributed by atoms with E-state index in [2.05, 4.69) is 10.3 Å². The second-order valence-electron chi connectivity index (χ2n) is 5.12. The zero-order chi connectivity index (χ0) is 14.7. The Kier molecular flexibility index (Phi) is 4.01. The van der Waals surface area contributed by atoms with Gasteiger partial charge in [-0.3, -0.25) is 4.79 Å². The molecular weight excluding hydrogens is 268 g/mol. The van der Waals surface area contributed by atoms with Gasteiger partial charge in [0.25, 0.3) is 0 Å². The molecule has 1 saturated heterocycles. The molecule has 110 valence electrons. The Balaban J connectivity index is 1.83. The molecule has 5 nitrogen and oxygen atoms in total. The fourth-order valence-corrected chi connectivity index (χ4v) is 2.23. The Labute approximate surface area is 123 Å². The topological polar surface area (TPSA) is 60.5 Å². The minimum absolute atomic E-state index is 0.00977. The number of aromatic nitrogens is 1. The predicted molar refractivity (Wildman–Crippen MR) is 80.5 cm³/mol. The highest BCUT2D eigenvalue weighted by Gasteiger charge is 2.20. The van der Waals surface area contributed by atoms with Gasteiger partial charge in [-0.2, -0.15) is 0 Å². The van der Waals surface area contributed by atoms with Crippen LogP contribution in [0.2, 0.25) is 0 Å². The molecule has 5 heteroatoms. The first-order valence-corrected chi connectivity index (χ1v) is 7.19. The van der Waals surface area contributed by atoms with Crippen molar-refractivity contribution in [3.05, 3.63) is 30.5 Å². The van der Waals surface area contributed by atoms with Crippen LogP contribution in [-0.2, 0) is 9.53 Å². The molecule has 2 aromatic rings. The van der Waals surface area contributed by atoms with Gasteiger partial charge >= 0.3 is 0 Å². The summed E-state index contributed by atoms with van der Waals surface area (Å²) in [5.74, 6) is 1.40.